The number of aromatic nitrogens is 1. The van der Waals surface area contributed by atoms with Crippen LogP contribution >= 0.6 is 0 Å². The fourth-order valence-corrected chi connectivity index (χ4v) is 6.76. The van der Waals surface area contributed by atoms with Crippen molar-refractivity contribution < 1.29 is 37.0 Å². The fraction of sp³-hybridized carbons (Fsp3) is 0.438. The predicted octanol–water partition coefficient (Wildman–Crippen LogP) is 3.94. The Balaban J connectivity index is 1.04. The number of ether oxygens (including phenoxy) is 2. The number of piperidine rings is 1. The summed E-state index contributed by atoms with van der Waals surface area (Å²) in [4.78, 5) is 44.8. The van der Waals surface area contributed by atoms with Gasteiger partial charge in [0, 0.05) is 61.8 Å². The van der Waals surface area contributed by atoms with E-state index in [4.69, 9.17) is 14.5 Å². The van der Waals surface area contributed by atoms with Crippen molar-refractivity contribution >= 4 is 28.6 Å². The first-order valence-electron chi connectivity index (χ1n) is 14.8. The summed E-state index contributed by atoms with van der Waals surface area (Å²) in [5, 5.41) is 3.19. The van der Waals surface area contributed by atoms with Gasteiger partial charge in [0.15, 0.2) is 0 Å². The van der Waals surface area contributed by atoms with Crippen molar-refractivity contribution in [3.8, 4) is 5.75 Å². The third kappa shape index (κ3) is 5.52. The van der Waals surface area contributed by atoms with Gasteiger partial charge >= 0.3 is 6.18 Å². The SMILES string of the molecule is O=C1CCC(N2Cc3cc(O[C@@H]4CN(Cc5ccc6nc([C@H]7CCOC7)ccc6c5)CC4C(F)(F)F)ccc3C2=O)C(=O)N1. The van der Waals surface area contributed by atoms with Crippen LogP contribution in [0.3, 0.4) is 0 Å². The number of rotatable bonds is 6. The van der Waals surface area contributed by atoms with Crippen LogP contribution in [0.1, 0.15) is 52.4 Å². The number of nitrogens with zero attached hydrogens (tertiary/aromatic N) is 3. The molecule has 3 saturated heterocycles. The number of likely N-dealkylation sites (tertiary alicyclic amines) is 1. The van der Waals surface area contributed by atoms with E-state index < -0.39 is 30.1 Å². The third-order valence-corrected chi connectivity index (χ3v) is 9.07. The van der Waals surface area contributed by atoms with Crippen LogP contribution in [0.4, 0.5) is 13.2 Å². The van der Waals surface area contributed by atoms with E-state index in [0.29, 0.717) is 24.3 Å². The Labute approximate surface area is 251 Å². The molecule has 7 rings (SSSR count). The lowest BCUT2D eigenvalue weighted by molar-refractivity contribution is -0.186. The smallest absolute Gasteiger partial charge is 0.396 e. The summed E-state index contributed by atoms with van der Waals surface area (Å²) in [5.41, 5.74) is 3.68. The van der Waals surface area contributed by atoms with Gasteiger partial charge in [-0.3, -0.25) is 29.6 Å². The van der Waals surface area contributed by atoms with Crippen molar-refractivity contribution in [1.29, 1.82) is 0 Å². The highest BCUT2D eigenvalue weighted by Crippen LogP contribution is 2.38. The predicted molar refractivity (Wildman–Crippen MR) is 152 cm³/mol. The molecule has 0 radical (unpaired) electrons. The van der Waals surface area contributed by atoms with E-state index in [1.54, 1.807) is 11.0 Å². The summed E-state index contributed by atoms with van der Waals surface area (Å²) in [6.07, 6.45) is -4.28. The van der Waals surface area contributed by atoms with Gasteiger partial charge in [0.25, 0.3) is 5.91 Å². The molecule has 0 bridgehead atoms. The molecule has 3 amide bonds. The van der Waals surface area contributed by atoms with Gasteiger partial charge < -0.3 is 14.4 Å². The Morgan fingerprint density at radius 2 is 1.89 bits per heavy atom. The van der Waals surface area contributed by atoms with E-state index in [1.807, 2.05) is 30.3 Å². The molecule has 4 aliphatic heterocycles. The quantitative estimate of drug-likeness (QED) is 0.423. The molecule has 9 nitrogen and oxygen atoms in total. The normalized spacial score (nSPS) is 26.0. The van der Waals surface area contributed by atoms with Crippen LogP contribution in [0.25, 0.3) is 10.9 Å². The number of halogens is 3. The second-order valence-corrected chi connectivity index (χ2v) is 12.0. The van der Waals surface area contributed by atoms with E-state index in [1.165, 1.54) is 17.0 Å². The Morgan fingerprint density at radius 3 is 2.66 bits per heavy atom. The van der Waals surface area contributed by atoms with Gasteiger partial charge in [0.05, 0.1) is 12.1 Å². The van der Waals surface area contributed by atoms with Crippen molar-refractivity contribution in [3.63, 3.8) is 0 Å². The lowest BCUT2D eigenvalue weighted by atomic mass is 10.0. The minimum atomic E-state index is -4.46. The first kappa shape index (κ1) is 28.7. The topological polar surface area (TPSA) is 101 Å². The number of imide groups is 1. The average molecular weight is 609 g/mol. The van der Waals surface area contributed by atoms with Gasteiger partial charge in [-0.1, -0.05) is 12.1 Å². The number of pyridine rings is 1. The van der Waals surface area contributed by atoms with Crippen molar-refractivity contribution in [2.24, 2.45) is 5.92 Å². The molecule has 12 heteroatoms. The summed E-state index contributed by atoms with van der Waals surface area (Å²) in [6, 6.07) is 13.6. The lowest BCUT2D eigenvalue weighted by Gasteiger charge is -2.29. The number of carbonyl (C=O) groups excluding carboxylic acids is 3. The van der Waals surface area contributed by atoms with Crippen LogP contribution in [0, 0.1) is 5.92 Å². The van der Waals surface area contributed by atoms with Crippen LogP contribution in [-0.2, 0) is 27.4 Å². The van der Waals surface area contributed by atoms with Gasteiger partial charge in [0.2, 0.25) is 11.8 Å². The molecule has 3 fully saturated rings. The van der Waals surface area contributed by atoms with E-state index in [9.17, 15) is 27.6 Å². The summed E-state index contributed by atoms with van der Waals surface area (Å²) in [5.74, 6) is -2.41. The van der Waals surface area contributed by atoms with E-state index >= 15 is 0 Å². The molecule has 0 spiro atoms. The van der Waals surface area contributed by atoms with Crippen LogP contribution in [0.5, 0.6) is 5.75 Å². The summed E-state index contributed by atoms with van der Waals surface area (Å²) in [7, 11) is 0. The first-order valence-corrected chi connectivity index (χ1v) is 14.8. The van der Waals surface area contributed by atoms with Gasteiger partial charge in [-0.15, -0.1) is 0 Å². The molecular formula is C32H31F3N4O5. The van der Waals surface area contributed by atoms with Crippen molar-refractivity contribution in [2.75, 3.05) is 26.3 Å². The number of hydrogen-bond acceptors (Lipinski definition) is 7. The maximum absolute atomic E-state index is 14.2. The molecule has 2 aromatic carbocycles. The minimum Gasteiger partial charge on any atom is -0.488 e. The summed E-state index contributed by atoms with van der Waals surface area (Å²) >= 11 is 0. The number of nitrogens with one attached hydrogen (secondary N) is 1. The summed E-state index contributed by atoms with van der Waals surface area (Å²) < 4.78 is 53.9. The third-order valence-electron chi connectivity index (χ3n) is 9.07. The minimum absolute atomic E-state index is 0.0828. The van der Waals surface area contributed by atoms with Crippen molar-refractivity contribution in [3.05, 3.63) is 70.9 Å². The second kappa shape index (κ2) is 11.2. The fourth-order valence-electron chi connectivity index (χ4n) is 6.76. The molecule has 0 saturated carbocycles. The van der Waals surface area contributed by atoms with Crippen LogP contribution in [0.15, 0.2) is 48.5 Å². The monoisotopic (exact) mass is 608 g/mol. The van der Waals surface area contributed by atoms with Crippen LogP contribution in [0.2, 0.25) is 0 Å². The van der Waals surface area contributed by atoms with Gasteiger partial charge in [-0.25, -0.2) is 0 Å². The molecule has 0 aliphatic carbocycles. The standard InChI is InChI=1S/C32H31F3N4O5/c33-32(34,35)24-15-38(13-18-1-5-25-19(11-18)2-6-26(36-25)20-9-10-43-17-20)16-28(24)44-22-3-4-23-21(12-22)14-39(31(23)42)27-7-8-29(40)37-30(27)41/h1-6,11-12,20,24,27-28H,7-10,13-17H2,(H,37,40,41)/t20-,24?,27?,28+/m0/s1. The molecule has 4 atom stereocenters. The molecule has 2 unspecified atom stereocenters. The second-order valence-electron chi connectivity index (χ2n) is 12.0. The van der Waals surface area contributed by atoms with Gasteiger partial charge in [-0.2, -0.15) is 13.2 Å². The largest absolute Gasteiger partial charge is 0.488 e. The average Bonchev–Trinajstić information content (AvgIpc) is 3.73. The maximum atomic E-state index is 14.2. The number of fused-ring (bicyclic) bond motifs is 2. The van der Waals surface area contributed by atoms with Gasteiger partial charge in [0.1, 0.15) is 23.8 Å². The Hall–Kier alpha value is -4.03. The molecule has 44 heavy (non-hydrogen) atoms. The Morgan fingerprint density at radius 1 is 1.02 bits per heavy atom. The Bertz CT molecular complexity index is 1640. The molecule has 5 heterocycles. The molecule has 1 N–H and O–H groups in total. The Kier molecular flexibility index (Phi) is 7.28. The number of amides is 3. The molecule has 1 aromatic heterocycles. The molecule has 230 valence electrons. The molecule has 3 aromatic rings. The van der Waals surface area contributed by atoms with E-state index in [2.05, 4.69) is 5.32 Å². The zero-order valence-corrected chi connectivity index (χ0v) is 23.8. The highest BCUT2D eigenvalue weighted by molar-refractivity contribution is 6.05. The van der Waals surface area contributed by atoms with E-state index in [-0.39, 0.29) is 56.0 Å². The molecular weight excluding hydrogens is 577 g/mol. The molecule has 4 aliphatic rings. The number of benzene rings is 2. The van der Waals surface area contributed by atoms with Crippen LogP contribution in [-0.4, -0.2) is 77.1 Å². The van der Waals surface area contributed by atoms with Gasteiger partial charge in [-0.05, 0) is 60.4 Å². The zero-order chi connectivity index (χ0) is 30.6. The van der Waals surface area contributed by atoms with Crippen molar-refractivity contribution in [2.45, 2.75) is 56.6 Å². The maximum Gasteiger partial charge on any atom is 0.396 e. The zero-order valence-electron chi connectivity index (χ0n) is 23.8. The number of carbonyl (C=O) groups is 3. The van der Waals surface area contributed by atoms with Crippen molar-refractivity contribution in [1.82, 2.24) is 20.1 Å². The summed E-state index contributed by atoms with van der Waals surface area (Å²) in [6.45, 7) is 1.74. The first-order chi connectivity index (χ1) is 21.1. The van der Waals surface area contributed by atoms with E-state index in [0.717, 1.165) is 35.2 Å². The number of hydrogen-bond donors (Lipinski definition) is 1. The highest BCUT2D eigenvalue weighted by Gasteiger charge is 2.51. The number of alkyl halides is 3. The highest BCUT2D eigenvalue weighted by atomic mass is 19.4. The lowest BCUT2D eigenvalue weighted by Crippen LogP contribution is -2.52. The van der Waals surface area contributed by atoms with Crippen LogP contribution < -0.4 is 10.1 Å².